The molecule has 0 amide bonds. The van der Waals surface area contributed by atoms with Gasteiger partial charge in [0, 0.05) is 58.4 Å². The third kappa shape index (κ3) is 3.81. The second-order valence-electron chi connectivity index (χ2n) is 6.71. The highest BCUT2D eigenvalue weighted by atomic mass is 32.2. The molecule has 1 aromatic rings. The maximum Gasteiger partial charge on any atom is 0.243 e. The first-order valence-electron chi connectivity index (χ1n) is 9.05. The molecule has 8 nitrogen and oxygen atoms in total. The molecule has 3 aliphatic rings. The lowest BCUT2D eigenvalue weighted by Gasteiger charge is -2.35. The van der Waals surface area contributed by atoms with Crippen LogP contribution in [0.2, 0.25) is 0 Å². The molecule has 0 aliphatic carbocycles. The summed E-state index contributed by atoms with van der Waals surface area (Å²) in [4.78, 5) is 5.00. The van der Waals surface area contributed by atoms with Crippen molar-refractivity contribution in [1.29, 1.82) is 0 Å². The molecule has 0 aromatic heterocycles. The molecular formula is C17H25N3O5S. The van der Waals surface area contributed by atoms with Crippen molar-refractivity contribution < 1.29 is 22.6 Å². The van der Waals surface area contributed by atoms with Gasteiger partial charge in [-0.1, -0.05) is 0 Å². The molecule has 0 N–H and O–H groups in total. The molecule has 0 bridgehead atoms. The van der Waals surface area contributed by atoms with Crippen molar-refractivity contribution in [3.63, 3.8) is 0 Å². The molecule has 2 saturated heterocycles. The average Bonchev–Trinajstić information content (AvgIpc) is 3.15. The summed E-state index contributed by atoms with van der Waals surface area (Å²) in [7, 11) is -3.50. The fourth-order valence-electron chi connectivity index (χ4n) is 3.49. The summed E-state index contributed by atoms with van der Waals surface area (Å²) in [6, 6.07) is 4.81. The molecule has 3 aliphatic heterocycles. The summed E-state index contributed by atoms with van der Waals surface area (Å²) in [5.74, 6) is 1.09. The van der Waals surface area contributed by atoms with E-state index in [4.69, 9.17) is 14.2 Å². The molecule has 1 aromatic carbocycles. The smallest absolute Gasteiger partial charge is 0.243 e. The maximum atomic E-state index is 12.9. The Hall–Kier alpha value is -1.39. The van der Waals surface area contributed by atoms with Gasteiger partial charge in [-0.3, -0.25) is 9.80 Å². The average molecular weight is 383 g/mol. The third-order valence-electron chi connectivity index (χ3n) is 5.15. The first kappa shape index (κ1) is 18.0. The zero-order chi connectivity index (χ0) is 18.0. The van der Waals surface area contributed by atoms with Crippen LogP contribution in [0.25, 0.3) is 0 Å². The van der Waals surface area contributed by atoms with E-state index in [1.807, 2.05) is 0 Å². The van der Waals surface area contributed by atoms with E-state index in [0.717, 1.165) is 52.5 Å². The van der Waals surface area contributed by atoms with Crippen LogP contribution in [0.4, 0.5) is 0 Å². The van der Waals surface area contributed by atoms with Crippen molar-refractivity contribution >= 4 is 10.0 Å². The SMILES string of the molecule is O=S(=O)(c1ccc2c(c1)OCO2)N1CCN(CCN2CCOCC2)CC1. The van der Waals surface area contributed by atoms with Gasteiger partial charge >= 0.3 is 0 Å². The molecule has 2 fully saturated rings. The summed E-state index contributed by atoms with van der Waals surface area (Å²) in [5.41, 5.74) is 0. The van der Waals surface area contributed by atoms with E-state index in [1.54, 1.807) is 22.5 Å². The van der Waals surface area contributed by atoms with Gasteiger partial charge in [0.2, 0.25) is 16.8 Å². The molecule has 26 heavy (non-hydrogen) atoms. The molecule has 4 rings (SSSR count). The van der Waals surface area contributed by atoms with Crippen LogP contribution in [-0.4, -0.2) is 94.9 Å². The Bertz CT molecular complexity index is 728. The van der Waals surface area contributed by atoms with Gasteiger partial charge in [0.25, 0.3) is 0 Å². The molecular weight excluding hydrogens is 358 g/mol. The lowest BCUT2D eigenvalue weighted by molar-refractivity contribution is 0.0317. The van der Waals surface area contributed by atoms with E-state index < -0.39 is 10.0 Å². The van der Waals surface area contributed by atoms with Crippen LogP contribution in [0, 0.1) is 0 Å². The van der Waals surface area contributed by atoms with Crippen LogP contribution < -0.4 is 9.47 Å². The highest BCUT2D eigenvalue weighted by molar-refractivity contribution is 7.89. The van der Waals surface area contributed by atoms with Crippen LogP contribution >= 0.6 is 0 Å². The van der Waals surface area contributed by atoms with Crippen molar-refractivity contribution in [2.45, 2.75) is 4.90 Å². The van der Waals surface area contributed by atoms with E-state index in [-0.39, 0.29) is 11.7 Å². The highest BCUT2D eigenvalue weighted by Gasteiger charge is 2.30. The molecule has 3 heterocycles. The van der Waals surface area contributed by atoms with Crippen LogP contribution in [0.3, 0.4) is 0 Å². The van der Waals surface area contributed by atoms with Crippen LogP contribution in [0.1, 0.15) is 0 Å². The molecule has 0 atom stereocenters. The fraction of sp³-hybridized carbons (Fsp3) is 0.647. The van der Waals surface area contributed by atoms with Crippen molar-refractivity contribution in [1.82, 2.24) is 14.1 Å². The van der Waals surface area contributed by atoms with Crippen LogP contribution in [-0.2, 0) is 14.8 Å². The lowest BCUT2D eigenvalue weighted by Crippen LogP contribution is -2.50. The number of hydrogen-bond donors (Lipinski definition) is 0. The molecule has 0 radical (unpaired) electrons. The second-order valence-corrected chi connectivity index (χ2v) is 8.65. The predicted octanol–water partition coefficient (Wildman–Crippen LogP) is 0.0538. The van der Waals surface area contributed by atoms with E-state index >= 15 is 0 Å². The number of piperazine rings is 1. The van der Waals surface area contributed by atoms with Gasteiger partial charge in [-0.25, -0.2) is 8.42 Å². The summed E-state index contributed by atoms with van der Waals surface area (Å²) in [6.45, 7) is 8.25. The van der Waals surface area contributed by atoms with Crippen molar-refractivity contribution in [3.05, 3.63) is 18.2 Å². The van der Waals surface area contributed by atoms with Gasteiger partial charge in [-0.2, -0.15) is 4.31 Å². The Kier molecular flexibility index (Phi) is 5.32. The number of fused-ring (bicyclic) bond motifs is 1. The van der Waals surface area contributed by atoms with Gasteiger partial charge in [0.15, 0.2) is 11.5 Å². The normalized spacial score (nSPS) is 22.6. The monoisotopic (exact) mass is 383 g/mol. The number of hydrogen-bond acceptors (Lipinski definition) is 7. The van der Waals surface area contributed by atoms with Gasteiger partial charge in [0.1, 0.15) is 0 Å². The zero-order valence-corrected chi connectivity index (χ0v) is 15.6. The minimum absolute atomic E-state index is 0.140. The fourth-order valence-corrected chi connectivity index (χ4v) is 4.93. The standard InChI is InChI=1S/C17H25N3O5S/c21-26(22,15-1-2-16-17(13-15)25-14-24-16)20-7-5-18(6-8-20)3-4-19-9-11-23-12-10-19/h1-2,13H,3-12,14H2. The number of benzene rings is 1. The lowest BCUT2D eigenvalue weighted by atomic mass is 10.3. The van der Waals surface area contributed by atoms with Gasteiger partial charge in [0.05, 0.1) is 18.1 Å². The number of sulfonamides is 1. The Morgan fingerprint density at radius 3 is 2.23 bits per heavy atom. The molecule has 9 heteroatoms. The number of nitrogens with zero attached hydrogens (tertiary/aromatic N) is 3. The summed E-state index contributed by atoms with van der Waals surface area (Å²) < 4.78 is 43.3. The largest absolute Gasteiger partial charge is 0.454 e. The second kappa shape index (κ2) is 7.69. The Balaban J connectivity index is 1.32. The topological polar surface area (TPSA) is 71.6 Å². The Morgan fingerprint density at radius 2 is 1.50 bits per heavy atom. The molecule has 0 saturated carbocycles. The van der Waals surface area contributed by atoms with E-state index in [1.165, 1.54) is 0 Å². The summed E-state index contributed by atoms with van der Waals surface area (Å²) in [6.07, 6.45) is 0. The van der Waals surface area contributed by atoms with Gasteiger partial charge < -0.3 is 14.2 Å². The minimum Gasteiger partial charge on any atom is -0.454 e. The van der Waals surface area contributed by atoms with E-state index in [9.17, 15) is 8.42 Å². The van der Waals surface area contributed by atoms with E-state index in [2.05, 4.69) is 9.80 Å². The molecule has 0 spiro atoms. The van der Waals surface area contributed by atoms with Crippen LogP contribution in [0.15, 0.2) is 23.1 Å². The zero-order valence-electron chi connectivity index (χ0n) is 14.8. The Morgan fingerprint density at radius 1 is 0.846 bits per heavy atom. The highest BCUT2D eigenvalue weighted by Crippen LogP contribution is 2.34. The molecule has 144 valence electrons. The van der Waals surface area contributed by atoms with Crippen LogP contribution in [0.5, 0.6) is 11.5 Å². The first-order valence-corrected chi connectivity index (χ1v) is 10.5. The molecule has 0 unspecified atom stereocenters. The summed E-state index contributed by atoms with van der Waals surface area (Å²) >= 11 is 0. The van der Waals surface area contributed by atoms with Gasteiger partial charge in [-0.05, 0) is 12.1 Å². The first-order chi connectivity index (χ1) is 12.6. The minimum atomic E-state index is -3.50. The predicted molar refractivity (Wildman–Crippen MR) is 95.0 cm³/mol. The van der Waals surface area contributed by atoms with Crippen molar-refractivity contribution in [3.8, 4) is 11.5 Å². The number of ether oxygens (including phenoxy) is 3. The third-order valence-corrected chi connectivity index (χ3v) is 7.04. The summed E-state index contributed by atoms with van der Waals surface area (Å²) in [5, 5.41) is 0. The van der Waals surface area contributed by atoms with Crippen molar-refractivity contribution in [2.75, 3.05) is 72.4 Å². The van der Waals surface area contributed by atoms with Crippen molar-refractivity contribution in [2.24, 2.45) is 0 Å². The van der Waals surface area contributed by atoms with Gasteiger partial charge in [-0.15, -0.1) is 0 Å². The quantitative estimate of drug-likeness (QED) is 0.712. The number of morpholine rings is 1. The number of rotatable bonds is 5. The Labute approximate surface area is 154 Å². The van der Waals surface area contributed by atoms with E-state index in [0.29, 0.717) is 24.6 Å². The maximum absolute atomic E-state index is 12.9.